The number of benzene rings is 1. The highest BCUT2D eigenvalue weighted by atomic mass is 79.9. The first-order valence-electron chi connectivity index (χ1n) is 6.40. The van der Waals surface area contributed by atoms with Crippen molar-refractivity contribution in [2.45, 2.75) is 13.1 Å². The van der Waals surface area contributed by atoms with Gasteiger partial charge in [-0.1, -0.05) is 24.3 Å². The topological polar surface area (TPSA) is 48.1 Å². The van der Waals surface area contributed by atoms with Gasteiger partial charge in [0.15, 0.2) is 0 Å². The summed E-state index contributed by atoms with van der Waals surface area (Å²) >= 11 is 3.32. The van der Waals surface area contributed by atoms with E-state index in [1.54, 1.807) is 12.3 Å². The lowest BCUT2D eigenvalue weighted by Gasteiger charge is -2.14. The summed E-state index contributed by atoms with van der Waals surface area (Å²) in [5.74, 6) is -0.102. The Morgan fingerprint density at radius 1 is 1.30 bits per heavy atom. The maximum absolute atomic E-state index is 12.0. The molecular weight excluding hydrogens is 318 g/mol. The summed E-state index contributed by atoms with van der Waals surface area (Å²) in [5, 5.41) is 2.93. The third-order valence-electron chi connectivity index (χ3n) is 2.94. The molecule has 0 fully saturated rings. The fourth-order valence-electron chi connectivity index (χ4n) is 1.99. The fraction of sp³-hybridized carbons (Fsp3) is 0.267. The van der Waals surface area contributed by atoms with Gasteiger partial charge in [-0.15, -0.1) is 0 Å². The minimum atomic E-state index is -0.102. The molecular formula is C15H18BrN3O. The number of nitrogens with one attached hydrogen (secondary N) is 2. The Morgan fingerprint density at radius 3 is 2.60 bits per heavy atom. The van der Waals surface area contributed by atoms with Crippen LogP contribution in [0, 0.1) is 0 Å². The first-order valence-corrected chi connectivity index (χ1v) is 7.19. The van der Waals surface area contributed by atoms with Crippen LogP contribution in [0.25, 0.3) is 0 Å². The van der Waals surface area contributed by atoms with Crippen molar-refractivity contribution in [2.75, 3.05) is 14.1 Å². The first-order chi connectivity index (χ1) is 9.56. The Kier molecular flexibility index (Phi) is 4.98. The predicted molar refractivity (Wildman–Crippen MR) is 83.5 cm³/mol. The van der Waals surface area contributed by atoms with Crippen LogP contribution in [0.15, 0.2) is 41.0 Å². The van der Waals surface area contributed by atoms with Crippen molar-refractivity contribution in [3.05, 3.63) is 57.8 Å². The molecule has 0 unspecified atom stereocenters. The molecule has 5 heteroatoms. The molecule has 0 spiro atoms. The normalized spacial score (nSPS) is 10.8. The quantitative estimate of drug-likeness (QED) is 0.882. The molecule has 106 valence electrons. The van der Waals surface area contributed by atoms with Crippen molar-refractivity contribution >= 4 is 21.8 Å². The third-order valence-corrected chi connectivity index (χ3v) is 3.39. The molecule has 2 N–H and O–H groups in total. The molecule has 0 aliphatic heterocycles. The SMILES string of the molecule is CN(C)Cc1ccccc1CNC(=O)c1cc(Br)c[nH]1. The van der Waals surface area contributed by atoms with Gasteiger partial charge in [0.05, 0.1) is 0 Å². The van der Waals surface area contributed by atoms with Crippen molar-refractivity contribution in [1.82, 2.24) is 15.2 Å². The number of halogens is 1. The molecule has 1 heterocycles. The number of aromatic amines is 1. The average Bonchev–Trinajstić information content (AvgIpc) is 2.83. The van der Waals surface area contributed by atoms with Crippen LogP contribution >= 0.6 is 15.9 Å². The van der Waals surface area contributed by atoms with Crippen LogP contribution in [0.5, 0.6) is 0 Å². The zero-order valence-electron chi connectivity index (χ0n) is 11.6. The highest BCUT2D eigenvalue weighted by molar-refractivity contribution is 9.10. The Bertz CT molecular complexity index is 592. The maximum atomic E-state index is 12.0. The fourth-order valence-corrected chi connectivity index (χ4v) is 2.34. The number of nitrogens with zero attached hydrogens (tertiary/aromatic N) is 1. The lowest BCUT2D eigenvalue weighted by molar-refractivity contribution is 0.0946. The largest absolute Gasteiger partial charge is 0.356 e. The van der Waals surface area contributed by atoms with Crippen molar-refractivity contribution in [1.29, 1.82) is 0 Å². The van der Waals surface area contributed by atoms with Crippen LogP contribution in [-0.2, 0) is 13.1 Å². The molecule has 1 amide bonds. The van der Waals surface area contributed by atoms with E-state index in [1.807, 2.05) is 32.3 Å². The monoisotopic (exact) mass is 335 g/mol. The van der Waals surface area contributed by atoms with Gasteiger partial charge in [0.2, 0.25) is 0 Å². The van der Waals surface area contributed by atoms with Gasteiger partial charge < -0.3 is 15.2 Å². The molecule has 0 bridgehead atoms. The molecule has 4 nitrogen and oxygen atoms in total. The Morgan fingerprint density at radius 2 is 2.00 bits per heavy atom. The predicted octanol–water partition coefficient (Wildman–Crippen LogP) is 2.77. The van der Waals surface area contributed by atoms with E-state index < -0.39 is 0 Å². The highest BCUT2D eigenvalue weighted by Crippen LogP contribution is 2.12. The van der Waals surface area contributed by atoms with E-state index in [-0.39, 0.29) is 5.91 Å². The second kappa shape index (κ2) is 6.72. The van der Waals surface area contributed by atoms with Gasteiger partial charge in [0.1, 0.15) is 5.69 Å². The standard InChI is InChI=1S/C15H18BrN3O/c1-19(2)10-12-6-4-3-5-11(12)8-18-15(20)14-7-13(16)9-17-14/h3-7,9,17H,8,10H2,1-2H3,(H,18,20). The van der Waals surface area contributed by atoms with Crippen molar-refractivity contribution in [3.8, 4) is 0 Å². The maximum Gasteiger partial charge on any atom is 0.267 e. The van der Waals surface area contributed by atoms with Crippen LogP contribution in [0.1, 0.15) is 21.6 Å². The molecule has 20 heavy (non-hydrogen) atoms. The summed E-state index contributed by atoms with van der Waals surface area (Å²) in [4.78, 5) is 17.0. The minimum Gasteiger partial charge on any atom is -0.356 e. The smallest absolute Gasteiger partial charge is 0.267 e. The summed E-state index contributed by atoms with van der Waals surface area (Å²) in [5.41, 5.74) is 2.92. The number of carbonyl (C=O) groups is 1. The lowest BCUT2D eigenvalue weighted by Crippen LogP contribution is -2.24. The summed E-state index contributed by atoms with van der Waals surface area (Å²) in [6.45, 7) is 1.39. The lowest BCUT2D eigenvalue weighted by atomic mass is 10.1. The van der Waals surface area contributed by atoms with E-state index in [4.69, 9.17) is 0 Å². The van der Waals surface area contributed by atoms with Crippen molar-refractivity contribution in [2.24, 2.45) is 0 Å². The first kappa shape index (κ1) is 14.8. The van der Waals surface area contributed by atoms with Gasteiger partial charge in [0, 0.05) is 23.8 Å². The second-order valence-electron chi connectivity index (χ2n) is 4.92. The molecule has 0 atom stereocenters. The number of hydrogen-bond donors (Lipinski definition) is 2. The number of amides is 1. The van der Waals surface area contributed by atoms with Crippen molar-refractivity contribution < 1.29 is 4.79 Å². The molecule has 2 rings (SSSR count). The highest BCUT2D eigenvalue weighted by Gasteiger charge is 2.09. The van der Waals surface area contributed by atoms with E-state index in [1.165, 1.54) is 5.56 Å². The Hall–Kier alpha value is -1.59. The molecule has 1 aromatic heterocycles. The van der Waals surface area contributed by atoms with Crippen LogP contribution in [-0.4, -0.2) is 29.9 Å². The number of H-pyrrole nitrogens is 1. The van der Waals surface area contributed by atoms with Crippen LogP contribution in [0.4, 0.5) is 0 Å². The van der Waals surface area contributed by atoms with E-state index >= 15 is 0 Å². The van der Waals surface area contributed by atoms with E-state index in [9.17, 15) is 4.79 Å². The number of rotatable bonds is 5. The van der Waals surface area contributed by atoms with Gasteiger partial charge in [0.25, 0.3) is 5.91 Å². The average molecular weight is 336 g/mol. The van der Waals surface area contributed by atoms with E-state index in [0.717, 1.165) is 16.6 Å². The zero-order chi connectivity index (χ0) is 14.5. The summed E-state index contributed by atoms with van der Waals surface area (Å²) in [6.07, 6.45) is 1.74. The summed E-state index contributed by atoms with van der Waals surface area (Å²) in [6, 6.07) is 9.91. The van der Waals surface area contributed by atoms with Crippen LogP contribution in [0.3, 0.4) is 0 Å². The molecule has 0 radical (unpaired) electrons. The number of hydrogen-bond acceptors (Lipinski definition) is 2. The molecule has 1 aromatic carbocycles. The Balaban J connectivity index is 2.02. The van der Waals surface area contributed by atoms with Gasteiger partial charge in [-0.05, 0) is 47.2 Å². The van der Waals surface area contributed by atoms with Gasteiger partial charge in [-0.25, -0.2) is 0 Å². The molecule has 0 aliphatic rings. The molecule has 0 aliphatic carbocycles. The third kappa shape index (κ3) is 3.95. The summed E-state index contributed by atoms with van der Waals surface area (Å²) in [7, 11) is 4.07. The van der Waals surface area contributed by atoms with E-state index in [2.05, 4.69) is 37.2 Å². The van der Waals surface area contributed by atoms with Crippen LogP contribution in [0.2, 0.25) is 0 Å². The Labute approximate surface area is 127 Å². The summed E-state index contributed by atoms with van der Waals surface area (Å²) < 4.78 is 0.871. The number of aromatic nitrogens is 1. The van der Waals surface area contributed by atoms with Gasteiger partial charge in [-0.2, -0.15) is 0 Å². The van der Waals surface area contributed by atoms with Crippen molar-refractivity contribution in [3.63, 3.8) is 0 Å². The minimum absolute atomic E-state index is 0.102. The molecule has 0 saturated heterocycles. The molecule has 0 saturated carbocycles. The number of carbonyl (C=O) groups excluding carboxylic acids is 1. The molecule has 2 aromatic rings. The van der Waals surface area contributed by atoms with E-state index in [0.29, 0.717) is 12.2 Å². The zero-order valence-corrected chi connectivity index (χ0v) is 13.2. The van der Waals surface area contributed by atoms with Gasteiger partial charge >= 0.3 is 0 Å². The van der Waals surface area contributed by atoms with Crippen LogP contribution < -0.4 is 5.32 Å². The van der Waals surface area contributed by atoms with Gasteiger partial charge in [-0.3, -0.25) is 4.79 Å². The second-order valence-corrected chi connectivity index (χ2v) is 5.84.